The quantitative estimate of drug-likeness (QED) is 0.254. The fraction of sp³-hybridized carbons (Fsp3) is 0. The summed E-state index contributed by atoms with van der Waals surface area (Å²) < 4.78 is 28.7. The summed E-state index contributed by atoms with van der Waals surface area (Å²) in [7, 11) is 0. The first-order valence-corrected chi connectivity index (χ1v) is 8.68. The number of hydrogen-bond acceptors (Lipinski definition) is 5. The number of carbonyl (C=O) groups is 1. The van der Waals surface area contributed by atoms with Crippen molar-refractivity contribution in [3.63, 3.8) is 0 Å². The van der Waals surface area contributed by atoms with Gasteiger partial charge in [0, 0.05) is 22.5 Å². The second kappa shape index (κ2) is 9.98. The predicted octanol–water partition coefficient (Wildman–Crippen LogP) is 4.40. The lowest BCUT2D eigenvalue weighted by molar-refractivity contribution is 0.262. The van der Waals surface area contributed by atoms with Crippen molar-refractivity contribution in [3.8, 4) is 22.5 Å². The van der Waals surface area contributed by atoms with E-state index in [9.17, 15) is 13.6 Å². The van der Waals surface area contributed by atoms with E-state index in [1.807, 2.05) is 0 Å². The van der Waals surface area contributed by atoms with E-state index in [2.05, 4.69) is 30.6 Å². The number of nitrogens with two attached hydrogens (primary N) is 2. The average Bonchev–Trinajstić information content (AvgIpc) is 3.30. The Hall–Kier alpha value is -3.83. The molecule has 4 aromatic rings. The fourth-order valence-electron chi connectivity index (χ4n) is 2.86. The first-order chi connectivity index (χ1) is 14.4. The molecule has 0 aliphatic carbocycles. The molecular formula is C19H18Cl2F2N8O. The van der Waals surface area contributed by atoms with Crippen molar-refractivity contribution in [1.82, 2.24) is 19.9 Å². The maximum atomic E-state index is 14.4. The number of carbonyl (C=O) groups excluding carboxylic acids is 1. The molecule has 2 amide bonds. The average molecular weight is 483 g/mol. The summed E-state index contributed by atoms with van der Waals surface area (Å²) in [6.45, 7) is 0. The third kappa shape index (κ3) is 5.25. The van der Waals surface area contributed by atoms with Crippen molar-refractivity contribution in [3.05, 3.63) is 60.4 Å². The number of nitrogens with zero attached hydrogens (tertiary/aromatic N) is 2. The van der Waals surface area contributed by atoms with Gasteiger partial charge in [0.15, 0.2) is 11.9 Å². The largest absolute Gasteiger partial charge is 0.369 e. The van der Waals surface area contributed by atoms with E-state index >= 15 is 0 Å². The van der Waals surface area contributed by atoms with Crippen molar-refractivity contribution in [2.75, 3.05) is 22.1 Å². The molecule has 0 atom stereocenters. The van der Waals surface area contributed by atoms with Crippen molar-refractivity contribution in [1.29, 1.82) is 0 Å². The van der Waals surface area contributed by atoms with Crippen LogP contribution in [0.2, 0.25) is 0 Å². The van der Waals surface area contributed by atoms with Gasteiger partial charge in [0.2, 0.25) is 0 Å². The summed E-state index contributed by atoms with van der Waals surface area (Å²) >= 11 is 0. The van der Waals surface area contributed by atoms with E-state index in [1.165, 1.54) is 36.7 Å². The first-order valence-electron chi connectivity index (χ1n) is 8.68. The molecule has 2 heterocycles. The van der Waals surface area contributed by atoms with Crippen LogP contribution in [0.5, 0.6) is 0 Å². The normalized spacial score (nSPS) is 10.1. The number of urea groups is 1. The van der Waals surface area contributed by atoms with Gasteiger partial charge in [-0.25, -0.2) is 23.5 Å². The number of nitrogens with one attached hydrogen (secondary N) is 4. The van der Waals surface area contributed by atoms with Gasteiger partial charge in [0.1, 0.15) is 11.6 Å². The van der Waals surface area contributed by atoms with E-state index in [4.69, 9.17) is 11.5 Å². The Labute approximate surface area is 192 Å². The number of aromatic nitrogens is 4. The van der Waals surface area contributed by atoms with Crippen LogP contribution in [0.25, 0.3) is 22.5 Å². The third-order valence-corrected chi connectivity index (χ3v) is 4.23. The molecule has 2 aromatic carbocycles. The van der Waals surface area contributed by atoms with Crippen molar-refractivity contribution in [2.24, 2.45) is 0 Å². The number of aromatic amines is 2. The topological polar surface area (TPSA) is 151 Å². The lowest BCUT2D eigenvalue weighted by Crippen LogP contribution is -2.19. The zero-order chi connectivity index (χ0) is 21.3. The van der Waals surface area contributed by atoms with Crippen LogP contribution in [0, 0.1) is 11.6 Å². The number of nitrogen functional groups attached to an aromatic ring is 2. The molecule has 0 aliphatic rings. The molecule has 0 spiro atoms. The van der Waals surface area contributed by atoms with E-state index in [0.717, 1.165) is 12.1 Å². The van der Waals surface area contributed by atoms with Crippen LogP contribution in [0.1, 0.15) is 0 Å². The summed E-state index contributed by atoms with van der Waals surface area (Å²) in [6.07, 6.45) is 2.81. The monoisotopic (exact) mass is 482 g/mol. The molecule has 4 rings (SSSR count). The van der Waals surface area contributed by atoms with Gasteiger partial charge in [-0.3, -0.25) is 0 Å². The highest BCUT2D eigenvalue weighted by Gasteiger charge is 2.12. The SMILES string of the molecule is Cl.Cl.Nc1ncc(-c2ccc(NC(=O)Nc3ccc(-c4cnc(N)[nH]4)c(F)c3)cc2F)[nH]1. The van der Waals surface area contributed by atoms with E-state index < -0.39 is 17.7 Å². The molecule has 2 aromatic heterocycles. The molecule has 168 valence electrons. The molecular weight excluding hydrogens is 465 g/mol. The molecule has 0 aliphatic heterocycles. The highest BCUT2D eigenvalue weighted by molar-refractivity contribution is 6.00. The molecule has 0 bridgehead atoms. The van der Waals surface area contributed by atoms with E-state index in [-0.39, 0.29) is 59.2 Å². The second-order valence-corrected chi connectivity index (χ2v) is 6.33. The smallest absolute Gasteiger partial charge is 0.323 e. The van der Waals surface area contributed by atoms with Gasteiger partial charge in [0.25, 0.3) is 0 Å². The van der Waals surface area contributed by atoms with Gasteiger partial charge in [-0.2, -0.15) is 0 Å². The predicted molar refractivity (Wildman–Crippen MR) is 124 cm³/mol. The van der Waals surface area contributed by atoms with Crippen molar-refractivity contribution >= 4 is 54.1 Å². The highest BCUT2D eigenvalue weighted by atomic mass is 35.5. The number of anilines is 4. The summed E-state index contributed by atoms with van der Waals surface area (Å²) in [4.78, 5) is 25.3. The van der Waals surface area contributed by atoms with Crippen LogP contribution >= 0.6 is 24.8 Å². The minimum Gasteiger partial charge on any atom is -0.369 e. The molecule has 0 fully saturated rings. The molecule has 0 radical (unpaired) electrons. The summed E-state index contributed by atoms with van der Waals surface area (Å²) in [5, 5.41) is 4.98. The molecule has 8 N–H and O–H groups in total. The highest BCUT2D eigenvalue weighted by Crippen LogP contribution is 2.26. The Kier molecular flexibility index (Phi) is 7.63. The maximum absolute atomic E-state index is 14.4. The molecule has 0 unspecified atom stereocenters. The lowest BCUT2D eigenvalue weighted by Gasteiger charge is -2.10. The molecule has 0 saturated heterocycles. The summed E-state index contributed by atoms with van der Waals surface area (Å²) in [5.74, 6) is -0.822. The first kappa shape index (κ1) is 24.4. The molecule has 13 heteroatoms. The van der Waals surface area contributed by atoms with Crippen LogP contribution in [-0.2, 0) is 0 Å². The standard InChI is InChI=1S/C19H16F2N8O.2ClH/c20-13-5-9(1-3-11(13)15-7-24-17(22)28-15)26-19(30)27-10-2-4-12(14(21)6-10)16-8-25-18(23)29-16;;/h1-8H,(H3,22,24,28)(H3,23,25,29)(H2,26,27,30);2*1H. The number of amides is 2. The third-order valence-electron chi connectivity index (χ3n) is 4.23. The minimum atomic E-state index is -0.661. The van der Waals surface area contributed by atoms with Gasteiger partial charge in [0.05, 0.1) is 23.8 Å². The zero-order valence-electron chi connectivity index (χ0n) is 16.1. The Morgan fingerprint density at radius 3 is 1.50 bits per heavy atom. The maximum Gasteiger partial charge on any atom is 0.323 e. The number of benzene rings is 2. The molecule has 9 nitrogen and oxygen atoms in total. The zero-order valence-corrected chi connectivity index (χ0v) is 17.8. The molecule has 0 saturated carbocycles. The number of hydrogen-bond donors (Lipinski definition) is 6. The van der Waals surface area contributed by atoms with Gasteiger partial charge in [-0.1, -0.05) is 0 Å². The summed E-state index contributed by atoms with van der Waals surface area (Å²) in [5.41, 5.74) is 12.8. The van der Waals surface area contributed by atoms with Crippen LogP contribution in [0.3, 0.4) is 0 Å². The second-order valence-electron chi connectivity index (χ2n) is 6.33. The van der Waals surface area contributed by atoms with E-state index in [1.54, 1.807) is 0 Å². The van der Waals surface area contributed by atoms with Crippen LogP contribution in [0.15, 0.2) is 48.8 Å². The van der Waals surface area contributed by atoms with Gasteiger partial charge >= 0.3 is 6.03 Å². The van der Waals surface area contributed by atoms with E-state index in [0.29, 0.717) is 11.4 Å². The van der Waals surface area contributed by atoms with Gasteiger partial charge in [-0.15, -0.1) is 24.8 Å². The number of halogens is 4. The Bertz CT molecular complexity index is 1150. The Morgan fingerprint density at radius 1 is 0.781 bits per heavy atom. The number of rotatable bonds is 4. The van der Waals surface area contributed by atoms with Crippen molar-refractivity contribution < 1.29 is 13.6 Å². The molecule has 32 heavy (non-hydrogen) atoms. The van der Waals surface area contributed by atoms with Gasteiger partial charge in [-0.05, 0) is 36.4 Å². The van der Waals surface area contributed by atoms with Gasteiger partial charge < -0.3 is 32.1 Å². The Morgan fingerprint density at radius 2 is 1.19 bits per heavy atom. The van der Waals surface area contributed by atoms with Crippen LogP contribution in [-0.4, -0.2) is 26.0 Å². The Balaban J connectivity index is 0.00000181. The number of imidazole rings is 2. The van der Waals surface area contributed by atoms with Crippen molar-refractivity contribution in [2.45, 2.75) is 0 Å². The lowest BCUT2D eigenvalue weighted by atomic mass is 10.1. The minimum absolute atomic E-state index is 0. The van der Waals surface area contributed by atoms with Crippen LogP contribution in [0.4, 0.5) is 36.8 Å². The number of H-pyrrole nitrogens is 2. The fourth-order valence-corrected chi connectivity index (χ4v) is 2.86. The summed E-state index contributed by atoms with van der Waals surface area (Å²) in [6, 6.07) is 7.62. The van der Waals surface area contributed by atoms with Crippen LogP contribution < -0.4 is 22.1 Å².